The van der Waals surface area contributed by atoms with E-state index in [0.29, 0.717) is 13.0 Å². The minimum atomic E-state index is 0.161. The molecule has 2 aliphatic heterocycles. The molecule has 0 aliphatic carbocycles. The van der Waals surface area contributed by atoms with Crippen LogP contribution >= 0.6 is 0 Å². The van der Waals surface area contributed by atoms with Crippen LogP contribution in [-0.2, 0) is 9.59 Å². The third kappa shape index (κ3) is 6.28. The lowest BCUT2D eigenvalue weighted by Crippen LogP contribution is -2.41. The van der Waals surface area contributed by atoms with Crippen molar-refractivity contribution in [1.29, 1.82) is 0 Å². The Bertz CT molecular complexity index is 423. The number of carbonyl (C=O) groups is 2. The van der Waals surface area contributed by atoms with Crippen LogP contribution in [0.5, 0.6) is 0 Å². The summed E-state index contributed by atoms with van der Waals surface area (Å²) in [5.41, 5.74) is 0. The highest BCUT2D eigenvalue weighted by atomic mass is 16.2. The molecule has 5 heteroatoms. The fourth-order valence-electron chi connectivity index (χ4n) is 4.08. The molecule has 2 heterocycles. The Balaban J connectivity index is 1.57. The van der Waals surface area contributed by atoms with E-state index in [1.165, 1.54) is 0 Å². The molecule has 0 radical (unpaired) electrons. The second-order valence-corrected chi connectivity index (χ2v) is 8.07. The second-order valence-electron chi connectivity index (χ2n) is 8.07. The van der Waals surface area contributed by atoms with Crippen LogP contribution in [-0.4, -0.2) is 60.9 Å². The largest absolute Gasteiger partial charge is 0.356 e. The summed E-state index contributed by atoms with van der Waals surface area (Å²) in [6.07, 6.45) is 5.50. The van der Waals surface area contributed by atoms with E-state index in [1.807, 2.05) is 4.90 Å². The summed E-state index contributed by atoms with van der Waals surface area (Å²) in [4.78, 5) is 28.9. The summed E-state index contributed by atoms with van der Waals surface area (Å²) in [6, 6.07) is 0. The van der Waals surface area contributed by atoms with Crippen LogP contribution in [0.15, 0.2) is 0 Å². The molecular weight excluding hydrogens is 314 g/mol. The molecule has 0 atom stereocenters. The number of amides is 2. The van der Waals surface area contributed by atoms with Crippen LogP contribution < -0.4 is 5.32 Å². The van der Waals surface area contributed by atoms with Crippen LogP contribution in [0.3, 0.4) is 0 Å². The van der Waals surface area contributed by atoms with Gasteiger partial charge in [-0.15, -0.1) is 0 Å². The van der Waals surface area contributed by atoms with Crippen LogP contribution in [0.2, 0.25) is 0 Å². The van der Waals surface area contributed by atoms with Crippen molar-refractivity contribution in [3.8, 4) is 0 Å². The molecule has 2 amide bonds. The number of rotatable bonds is 7. The van der Waals surface area contributed by atoms with Crippen molar-refractivity contribution in [3.63, 3.8) is 0 Å². The van der Waals surface area contributed by atoms with Gasteiger partial charge in [0, 0.05) is 32.0 Å². The number of likely N-dealkylation sites (tertiary alicyclic amines) is 2. The molecule has 0 saturated carbocycles. The Kier molecular flexibility index (Phi) is 8.20. The Labute approximate surface area is 153 Å². The molecule has 0 aromatic rings. The Morgan fingerprint density at radius 2 is 1.68 bits per heavy atom. The smallest absolute Gasteiger partial charge is 0.223 e. The lowest BCUT2D eigenvalue weighted by atomic mass is 9.86. The standard InChI is InChI=1S/C20H37N3O2/c1-4-22-12-7-18(8-13-22)20(25)21-11-5-6-19(24)23-14-9-17(10-15-23)16(2)3/h16-18H,4-15H2,1-3H3,(H,21,25). The third-order valence-corrected chi connectivity index (χ3v) is 6.11. The van der Waals surface area contributed by atoms with E-state index in [0.717, 1.165) is 76.7 Å². The van der Waals surface area contributed by atoms with E-state index in [9.17, 15) is 9.59 Å². The Morgan fingerprint density at radius 3 is 2.24 bits per heavy atom. The van der Waals surface area contributed by atoms with Crippen LogP contribution in [0.4, 0.5) is 0 Å². The van der Waals surface area contributed by atoms with E-state index in [-0.39, 0.29) is 17.7 Å². The van der Waals surface area contributed by atoms with E-state index in [1.54, 1.807) is 0 Å². The van der Waals surface area contributed by atoms with E-state index >= 15 is 0 Å². The number of piperidine rings is 2. The van der Waals surface area contributed by atoms with Gasteiger partial charge in [-0.3, -0.25) is 9.59 Å². The van der Waals surface area contributed by atoms with Gasteiger partial charge in [0.25, 0.3) is 0 Å². The van der Waals surface area contributed by atoms with Crippen molar-refractivity contribution in [2.75, 3.05) is 39.3 Å². The molecule has 0 aromatic carbocycles. The SMILES string of the molecule is CCN1CCC(C(=O)NCCCC(=O)N2CCC(C(C)C)CC2)CC1. The van der Waals surface area contributed by atoms with Gasteiger partial charge in [-0.25, -0.2) is 0 Å². The summed E-state index contributed by atoms with van der Waals surface area (Å²) in [6.45, 7) is 12.3. The number of carbonyl (C=O) groups excluding carboxylic acids is 2. The molecule has 2 fully saturated rings. The fraction of sp³-hybridized carbons (Fsp3) is 0.900. The molecule has 25 heavy (non-hydrogen) atoms. The van der Waals surface area contributed by atoms with E-state index in [2.05, 4.69) is 31.0 Å². The molecule has 2 aliphatic rings. The number of nitrogens with zero attached hydrogens (tertiary/aromatic N) is 2. The molecule has 0 spiro atoms. The molecule has 0 unspecified atom stereocenters. The average molecular weight is 352 g/mol. The van der Waals surface area contributed by atoms with Crippen LogP contribution in [0, 0.1) is 17.8 Å². The lowest BCUT2D eigenvalue weighted by molar-refractivity contribution is -0.133. The Morgan fingerprint density at radius 1 is 1.04 bits per heavy atom. The first-order valence-corrected chi connectivity index (χ1v) is 10.3. The molecule has 144 valence electrons. The zero-order valence-corrected chi connectivity index (χ0v) is 16.4. The van der Waals surface area contributed by atoms with Gasteiger partial charge in [-0.2, -0.15) is 0 Å². The van der Waals surface area contributed by atoms with Gasteiger partial charge in [0.2, 0.25) is 11.8 Å². The molecule has 0 aromatic heterocycles. The van der Waals surface area contributed by atoms with Crippen molar-refractivity contribution in [3.05, 3.63) is 0 Å². The first-order chi connectivity index (χ1) is 12.0. The first-order valence-electron chi connectivity index (χ1n) is 10.3. The van der Waals surface area contributed by atoms with Gasteiger partial charge in [0.15, 0.2) is 0 Å². The molecule has 1 N–H and O–H groups in total. The topological polar surface area (TPSA) is 52.7 Å². The van der Waals surface area contributed by atoms with Crippen molar-refractivity contribution in [2.45, 2.75) is 59.3 Å². The van der Waals surface area contributed by atoms with Gasteiger partial charge in [-0.1, -0.05) is 20.8 Å². The van der Waals surface area contributed by atoms with Crippen molar-refractivity contribution >= 4 is 11.8 Å². The predicted molar refractivity (Wildman–Crippen MR) is 101 cm³/mol. The predicted octanol–water partition coefficient (Wildman–Crippen LogP) is 2.51. The van der Waals surface area contributed by atoms with E-state index < -0.39 is 0 Å². The monoisotopic (exact) mass is 351 g/mol. The average Bonchev–Trinajstić information content (AvgIpc) is 2.65. The first kappa shape index (κ1) is 20.2. The van der Waals surface area contributed by atoms with Gasteiger partial charge >= 0.3 is 0 Å². The van der Waals surface area contributed by atoms with Crippen molar-refractivity contribution in [2.24, 2.45) is 17.8 Å². The fourth-order valence-corrected chi connectivity index (χ4v) is 4.08. The zero-order chi connectivity index (χ0) is 18.2. The molecule has 0 bridgehead atoms. The lowest BCUT2D eigenvalue weighted by Gasteiger charge is -2.34. The molecular formula is C20H37N3O2. The summed E-state index contributed by atoms with van der Waals surface area (Å²) in [5.74, 6) is 2.08. The number of hydrogen-bond donors (Lipinski definition) is 1. The highest BCUT2D eigenvalue weighted by molar-refractivity contribution is 5.79. The van der Waals surface area contributed by atoms with Crippen molar-refractivity contribution < 1.29 is 9.59 Å². The van der Waals surface area contributed by atoms with E-state index in [4.69, 9.17) is 0 Å². The molecule has 5 nitrogen and oxygen atoms in total. The molecule has 2 saturated heterocycles. The zero-order valence-electron chi connectivity index (χ0n) is 16.4. The summed E-state index contributed by atoms with van der Waals surface area (Å²) >= 11 is 0. The van der Waals surface area contributed by atoms with Gasteiger partial charge in [-0.05, 0) is 63.6 Å². The minimum Gasteiger partial charge on any atom is -0.356 e. The van der Waals surface area contributed by atoms with Gasteiger partial charge < -0.3 is 15.1 Å². The maximum Gasteiger partial charge on any atom is 0.223 e. The highest BCUT2D eigenvalue weighted by Gasteiger charge is 2.25. The highest BCUT2D eigenvalue weighted by Crippen LogP contribution is 2.24. The number of nitrogens with one attached hydrogen (secondary N) is 1. The van der Waals surface area contributed by atoms with Gasteiger partial charge in [0.1, 0.15) is 0 Å². The third-order valence-electron chi connectivity index (χ3n) is 6.11. The second kappa shape index (κ2) is 10.1. The van der Waals surface area contributed by atoms with Crippen LogP contribution in [0.25, 0.3) is 0 Å². The van der Waals surface area contributed by atoms with Crippen LogP contribution in [0.1, 0.15) is 59.3 Å². The number of hydrogen-bond acceptors (Lipinski definition) is 3. The van der Waals surface area contributed by atoms with Crippen molar-refractivity contribution in [1.82, 2.24) is 15.1 Å². The molecule has 2 rings (SSSR count). The Hall–Kier alpha value is -1.10. The quantitative estimate of drug-likeness (QED) is 0.717. The maximum absolute atomic E-state index is 12.3. The summed E-state index contributed by atoms with van der Waals surface area (Å²) in [7, 11) is 0. The maximum atomic E-state index is 12.3. The normalized spacial score (nSPS) is 20.9. The minimum absolute atomic E-state index is 0.161. The summed E-state index contributed by atoms with van der Waals surface area (Å²) < 4.78 is 0. The summed E-state index contributed by atoms with van der Waals surface area (Å²) in [5, 5.41) is 3.04. The van der Waals surface area contributed by atoms with Gasteiger partial charge in [0.05, 0.1) is 0 Å².